The number of hydrogen-bond acceptors (Lipinski definition) is 5. The number of aromatic nitrogens is 2. The Morgan fingerprint density at radius 2 is 2.00 bits per heavy atom. The number of hydrogen-bond donors (Lipinski definition) is 1. The molecule has 0 aromatic carbocycles. The first-order valence-electron chi connectivity index (χ1n) is 8.66. The normalized spacial score (nSPS) is 17.9. The fourth-order valence-corrected chi connectivity index (χ4v) is 3.52. The summed E-state index contributed by atoms with van der Waals surface area (Å²) in [6, 6.07) is 0. The van der Waals surface area contributed by atoms with Crippen LogP contribution in [0.3, 0.4) is 0 Å². The lowest BCUT2D eigenvalue weighted by atomic mass is 9.97. The highest BCUT2D eigenvalue weighted by molar-refractivity contribution is 7.11. The number of rotatable bonds is 6. The van der Waals surface area contributed by atoms with E-state index in [1.165, 1.54) is 19.3 Å². The van der Waals surface area contributed by atoms with Crippen LogP contribution in [0.25, 0.3) is 0 Å². The topological polar surface area (TPSA) is 64.1 Å². The number of amides is 1. The van der Waals surface area contributed by atoms with Crippen molar-refractivity contribution in [3.05, 3.63) is 10.0 Å². The van der Waals surface area contributed by atoms with Gasteiger partial charge in [-0.3, -0.25) is 4.79 Å². The molecule has 0 saturated heterocycles. The molecule has 1 aromatic rings. The third-order valence-corrected chi connectivity index (χ3v) is 5.44. The first-order chi connectivity index (χ1) is 10.9. The number of nitrogens with zero attached hydrogens (tertiary/aromatic N) is 2. The van der Waals surface area contributed by atoms with E-state index in [4.69, 9.17) is 4.74 Å². The van der Waals surface area contributed by atoms with Gasteiger partial charge in [0.2, 0.25) is 5.91 Å². The maximum atomic E-state index is 12.3. The zero-order chi connectivity index (χ0) is 16.9. The molecule has 0 spiro atoms. The molecule has 2 rings (SSSR count). The summed E-state index contributed by atoms with van der Waals surface area (Å²) in [5, 5.41) is 13.2. The molecule has 0 bridgehead atoms. The van der Waals surface area contributed by atoms with E-state index in [1.807, 2.05) is 6.92 Å². The van der Waals surface area contributed by atoms with Crippen molar-refractivity contribution in [3.63, 3.8) is 0 Å². The summed E-state index contributed by atoms with van der Waals surface area (Å²) in [5.74, 6) is -0.0365. The third-order valence-electron chi connectivity index (χ3n) is 4.09. The second kappa shape index (κ2) is 8.20. The van der Waals surface area contributed by atoms with Gasteiger partial charge in [0, 0.05) is 5.41 Å². The number of ether oxygens (including phenoxy) is 1. The van der Waals surface area contributed by atoms with Gasteiger partial charge in [0.05, 0.1) is 12.6 Å². The fraction of sp³-hybridized carbons (Fsp3) is 0.824. The Kier molecular flexibility index (Phi) is 6.53. The van der Waals surface area contributed by atoms with Gasteiger partial charge in [0.1, 0.15) is 16.1 Å². The van der Waals surface area contributed by atoms with Crippen molar-refractivity contribution in [2.24, 2.45) is 0 Å². The minimum atomic E-state index is -0.354. The van der Waals surface area contributed by atoms with E-state index in [-0.39, 0.29) is 23.5 Å². The van der Waals surface area contributed by atoms with Gasteiger partial charge in [-0.2, -0.15) is 0 Å². The Morgan fingerprint density at radius 3 is 2.57 bits per heavy atom. The van der Waals surface area contributed by atoms with E-state index in [0.717, 1.165) is 22.9 Å². The monoisotopic (exact) mass is 339 g/mol. The molecule has 130 valence electrons. The van der Waals surface area contributed by atoms with E-state index in [0.29, 0.717) is 13.0 Å². The van der Waals surface area contributed by atoms with Crippen molar-refractivity contribution in [1.29, 1.82) is 0 Å². The molecule has 1 fully saturated rings. The van der Waals surface area contributed by atoms with Crippen LogP contribution in [0, 0.1) is 0 Å². The largest absolute Gasteiger partial charge is 0.365 e. The summed E-state index contributed by atoms with van der Waals surface area (Å²) in [5.41, 5.74) is -0.00400. The molecule has 23 heavy (non-hydrogen) atoms. The first-order valence-corrected chi connectivity index (χ1v) is 9.48. The Balaban J connectivity index is 1.83. The minimum absolute atomic E-state index is 0.00400. The summed E-state index contributed by atoms with van der Waals surface area (Å²) in [6.45, 7) is 8.76. The molecule has 1 heterocycles. The molecule has 1 aliphatic rings. The fourth-order valence-electron chi connectivity index (χ4n) is 2.68. The lowest BCUT2D eigenvalue weighted by molar-refractivity contribution is -0.138. The Hall–Kier alpha value is -1.01. The Morgan fingerprint density at radius 1 is 1.30 bits per heavy atom. The van der Waals surface area contributed by atoms with Crippen LogP contribution in [0.4, 0.5) is 0 Å². The van der Waals surface area contributed by atoms with Gasteiger partial charge in [-0.15, -0.1) is 10.2 Å². The molecule has 1 amide bonds. The van der Waals surface area contributed by atoms with Crippen LogP contribution >= 0.6 is 11.3 Å². The predicted octanol–water partition coefficient (Wildman–Crippen LogP) is 3.58. The van der Waals surface area contributed by atoms with Crippen molar-refractivity contribution < 1.29 is 9.53 Å². The molecule has 0 radical (unpaired) electrons. The lowest BCUT2D eigenvalue weighted by Gasteiger charge is -2.26. The number of carbonyl (C=O) groups is 1. The van der Waals surface area contributed by atoms with Crippen LogP contribution < -0.4 is 5.32 Å². The Labute approximate surface area is 143 Å². The molecular formula is C17H29N3O2S. The highest BCUT2D eigenvalue weighted by Crippen LogP contribution is 2.25. The van der Waals surface area contributed by atoms with E-state index in [1.54, 1.807) is 11.3 Å². The van der Waals surface area contributed by atoms with Gasteiger partial charge in [0.15, 0.2) is 0 Å². The van der Waals surface area contributed by atoms with Gasteiger partial charge < -0.3 is 10.1 Å². The molecule has 1 N–H and O–H groups in total. The Bertz CT molecular complexity index is 504. The van der Waals surface area contributed by atoms with E-state index < -0.39 is 0 Å². The standard InChI is InChI=1S/C17H29N3O2S/c1-5-13(22-12-9-7-6-8-10-12)15(21)18-11-14-19-20-16(23-14)17(2,3)4/h12-13H,5-11H2,1-4H3,(H,18,21)/t13-/m0/s1. The number of carbonyl (C=O) groups excluding carboxylic acids is 1. The minimum Gasteiger partial charge on any atom is -0.365 e. The van der Waals surface area contributed by atoms with Gasteiger partial charge in [0.25, 0.3) is 0 Å². The molecule has 0 aliphatic heterocycles. The second-order valence-corrected chi connectivity index (χ2v) is 8.32. The summed E-state index contributed by atoms with van der Waals surface area (Å²) in [6.07, 6.45) is 6.46. The number of nitrogens with one attached hydrogen (secondary N) is 1. The summed E-state index contributed by atoms with van der Waals surface area (Å²) < 4.78 is 6.01. The van der Waals surface area contributed by atoms with Crippen LogP contribution in [0.2, 0.25) is 0 Å². The maximum absolute atomic E-state index is 12.3. The molecule has 1 aromatic heterocycles. The zero-order valence-electron chi connectivity index (χ0n) is 14.7. The van der Waals surface area contributed by atoms with Crippen molar-refractivity contribution in [2.45, 2.75) is 90.4 Å². The lowest BCUT2D eigenvalue weighted by Crippen LogP contribution is -2.38. The van der Waals surface area contributed by atoms with Gasteiger partial charge in [-0.25, -0.2) is 0 Å². The third kappa shape index (κ3) is 5.53. The molecule has 5 nitrogen and oxygen atoms in total. The van der Waals surface area contributed by atoms with E-state index in [9.17, 15) is 4.79 Å². The average molecular weight is 340 g/mol. The van der Waals surface area contributed by atoms with Gasteiger partial charge >= 0.3 is 0 Å². The molecular weight excluding hydrogens is 310 g/mol. The van der Waals surface area contributed by atoms with E-state index >= 15 is 0 Å². The van der Waals surface area contributed by atoms with Crippen molar-refractivity contribution in [3.8, 4) is 0 Å². The molecule has 1 atom stereocenters. The molecule has 1 aliphatic carbocycles. The van der Waals surface area contributed by atoms with Crippen molar-refractivity contribution in [2.75, 3.05) is 0 Å². The molecule has 6 heteroatoms. The summed E-state index contributed by atoms with van der Waals surface area (Å²) >= 11 is 1.56. The maximum Gasteiger partial charge on any atom is 0.249 e. The predicted molar refractivity (Wildman–Crippen MR) is 92.5 cm³/mol. The smallest absolute Gasteiger partial charge is 0.249 e. The van der Waals surface area contributed by atoms with Crippen LogP contribution in [0.1, 0.15) is 76.2 Å². The van der Waals surface area contributed by atoms with E-state index in [2.05, 4.69) is 36.3 Å². The quantitative estimate of drug-likeness (QED) is 0.860. The van der Waals surface area contributed by atoms with Crippen molar-refractivity contribution in [1.82, 2.24) is 15.5 Å². The first kappa shape index (κ1) is 18.3. The van der Waals surface area contributed by atoms with Crippen LogP contribution in [0.15, 0.2) is 0 Å². The van der Waals surface area contributed by atoms with Gasteiger partial charge in [-0.05, 0) is 19.3 Å². The van der Waals surface area contributed by atoms with Crippen LogP contribution in [0.5, 0.6) is 0 Å². The van der Waals surface area contributed by atoms with Crippen LogP contribution in [-0.4, -0.2) is 28.3 Å². The van der Waals surface area contributed by atoms with Gasteiger partial charge in [-0.1, -0.05) is 58.3 Å². The van der Waals surface area contributed by atoms with Crippen LogP contribution in [-0.2, 0) is 21.5 Å². The summed E-state index contributed by atoms with van der Waals surface area (Å²) in [4.78, 5) is 12.3. The van der Waals surface area contributed by atoms with Crippen molar-refractivity contribution >= 4 is 17.2 Å². The molecule has 1 saturated carbocycles. The molecule has 0 unspecified atom stereocenters. The highest BCUT2D eigenvalue weighted by atomic mass is 32.1. The SMILES string of the molecule is CC[C@H](OC1CCCCC1)C(=O)NCc1nnc(C(C)(C)C)s1. The highest BCUT2D eigenvalue weighted by Gasteiger charge is 2.24. The summed E-state index contributed by atoms with van der Waals surface area (Å²) in [7, 11) is 0. The average Bonchev–Trinajstić information content (AvgIpc) is 3.00. The zero-order valence-corrected chi connectivity index (χ0v) is 15.5. The second-order valence-electron chi connectivity index (χ2n) is 7.26.